The minimum atomic E-state index is -2.00. The lowest BCUT2D eigenvalue weighted by molar-refractivity contribution is -0.186. The van der Waals surface area contributed by atoms with Gasteiger partial charge in [0.2, 0.25) is 5.91 Å². The highest BCUT2D eigenvalue weighted by atomic mass is 16.4. The SMILES string of the molecule is CCCCCCCCCCCCCCCCCC[C@@](NC)(C(N)=O)[C@](O)(CCCCCCCCCCCCCCCCCC)[C@H](O)C(O)CO. The molecule has 7 heteroatoms. The molecule has 0 radical (unpaired) electrons. The Morgan fingerprint density at radius 3 is 1.02 bits per heavy atom. The Morgan fingerprint density at radius 1 is 0.520 bits per heavy atom. The lowest BCUT2D eigenvalue weighted by Gasteiger charge is -2.49. The number of likely N-dealkylation sites (N-methyl/N-ethyl adjacent to an activating group) is 1. The van der Waals surface area contributed by atoms with Crippen molar-refractivity contribution in [2.24, 2.45) is 5.73 Å². The molecule has 0 spiro atoms. The van der Waals surface area contributed by atoms with Crippen LogP contribution in [0.4, 0.5) is 0 Å². The van der Waals surface area contributed by atoms with Gasteiger partial charge in [0.05, 0.1) is 6.61 Å². The molecule has 50 heavy (non-hydrogen) atoms. The zero-order chi connectivity index (χ0) is 37.2. The van der Waals surface area contributed by atoms with Gasteiger partial charge >= 0.3 is 0 Å². The van der Waals surface area contributed by atoms with E-state index in [0.717, 1.165) is 38.5 Å². The van der Waals surface area contributed by atoms with Crippen molar-refractivity contribution in [2.75, 3.05) is 13.7 Å². The number of primary amides is 1. The zero-order valence-corrected chi connectivity index (χ0v) is 33.7. The molecule has 7 nitrogen and oxygen atoms in total. The van der Waals surface area contributed by atoms with Crippen LogP contribution in [0.5, 0.6) is 0 Å². The fourth-order valence-corrected chi connectivity index (χ4v) is 7.93. The van der Waals surface area contributed by atoms with Crippen molar-refractivity contribution in [2.45, 2.75) is 256 Å². The van der Waals surface area contributed by atoms with Crippen LogP contribution >= 0.6 is 0 Å². The molecule has 0 saturated heterocycles. The number of aliphatic hydroxyl groups excluding tert-OH is 3. The van der Waals surface area contributed by atoms with Crippen molar-refractivity contribution >= 4 is 5.91 Å². The molecular weight excluding hydrogens is 624 g/mol. The summed E-state index contributed by atoms with van der Waals surface area (Å²) >= 11 is 0. The van der Waals surface area contributed by atoms with E-state index < -0.39 is 35.9 Å². The molecule has 0 aromatic heterocycles. The molecule has 0 saturated carbocycles. The first-order chi connectivity index (χ1) is 24.3. The van der Waals surface area contributed by atoms with Gasteiger partial charge in [-0.3, -0.25) is 4.79 Å². The summed E-state index contributed by atoms with van der Waals surface area (Å²) in [5, 5.41) is 46.2. The van der Waals surface area contributed by atoms with E-state index >= 15 is 0 Å². The molecule has 4 atom stereocenters. The molecule has 0 heterocycles. The summed E-state index contributed by atoms with van der Waals surface area (Å²) < 4.78 is 0. The maximum absolute atomic E-state index is 13.0. The van der Waals surface area contributed by atoms with Crippen LogP contribution in [0.2, 0.25) is 0 Å². The second-order valence-electron chi connectivity index (χ2n) is 15.7. The number of rotatable bonds is 40. The van der Waals surface area contributed by atoms with E-state index in [4.69, 9.17) is 5.73 Å². The smallest absolute Gasteiger partial charge is 0.240 e. The molecule has 0 aromatic rings. The number of carbonyl (C=O) groups is 1. The third kappa shape index (κ3) is 22.4. The lowest BCUT2D eigenvalue weighted by atomic mass is 9.68. The maximum Gasteiger partial charge on any atom is 0.240 e. The Morgan fingerprint density at radius 2 is 0.780 bits per heavy atom. The molecule has 0 aliphatic heterocycles. The standard InChI is InChI=1S/C43H88N2O5/c1-4-6-8-10-12-14-16-18-20-22-24-26-28-30-32-34-36-42(45-3,41(44)49)43(50,40(48)39(47)38-46)37-35-33-31-29-27-25-23-21-19-17-15-13-11-9-7-5-2/h39-40,45-48,50H,4-38H2,1-3H3,(H2,44,49)/t39?,40-,42-,43+/m1/s1. The highest BCUT2D eigenvalue weighted by Gasteiger charge is 2.58. The topological polar surface area (TPSA) is 136 Å². The van der Waals surface area contributed by atoms with Crippen LogP contribution in [-0.4, -0.2) is 63.3 Å². The maximum atomic E-state index is 13.0. The third-order valence-electron chi connectivity index (χ3n) is 11.4. The Hall–Kier alpha value is -0.730. The number of aliphatic hydroxyl groups is 4. The van der Waals surface area contributed by atoms with Crippen LogP contribution < -0.4 is 11.1 Å². The molecule has 1 unspecified atom stereocenters. The van der Waals surface area contributed by atoms with Crippen molar-refractivity contribution in [3.8, 4) is 0 Å². The first-order valence-electron chi connectivity index (χ1n) is 22.0. The highest BCUT2D eigenvalue weighted by Crippen LogP contribution is 2.37. The number of hydrogen-bond acceptors (Lipinski definition) is 6. The van der Waals surface area contributed by atoms with E-state index in [0.29, 0.717) is 12.8 Å². The predicted molar refractivity (Wildman–Crippen MR) is 213 cm³/mol. The van der Waals surface area contributed by atoms with E-state index in [1.54, 1.807) is 7.05 Å². The highest BCUT2D eigenvalue weighted by molar-refractivity contribution is 5.86. The monoisotopic (exact) mass is 713 g/mol. The van der Waals surface area contributed by atoms with Crippen LogP contribution in [0.1, 0.15) is 232 Å². The molecule has 300 valence electrons. The summed E-state index contributed by atoms with van der Waals surface area (Å²) in [5.74, 6) is -0.732. The quantitative estimate of drug-likeness (QED) is 0.0350. The fourth-order valence-electron chi connectivity index (χ4n) is 7.93. The molecule has 7 N–H and O–H groups in total. The number of nitrogens with one attached hydrogen (secondary N) is 1. The second kappa shape index (κ2) is 34.1. The van der Waals surface area contributed by atoms with Gasteiger partial charge in [-0.05, 0) is 19.9 Å². The molecule has 0 fully saturated rings. The van der Waals surface area contributed by atoms with Crippen LogP contribution in [0, 0.1) is 0 Å². The van der Waals surface area contributed by atoms with E-state index in [1.165, 1.54) is 154 Å². The minimum absolute atomic E-state index is 0.117. The van der Waals surface area contributed by atoms with Gasteiger partial charge < -0.3 is 31.5 Å². The van der Waals surface area contributed by atoms with Crippen molar-refractivity contribution in [3.63, 3.8) is 0 Å². The number of amides is 1. The number of carbonyl (C=O) groups excluding carboxylic acids is 1. The Bertz CT molecular complexity index is 740. The first-order valence-corrected chi connectivity index (χ1v) is 22.0. The van der Waals surface area contributed by atoms with Crippen LogP contribution in [-0.2, 0) is 4.79 Å². The first kappa shape index (κ1) is 49.3. The van der Waals surface area contributed by atoms with Crippen molar-refractivity contribution < 1.29 is 25.2 Å². The van der Waals surface area contributed by atoms with Crippen LogP contribution in [0.3, 0.4) is 0 Å². The van der Waals surface area contributed by atoms with Gasteiger partial charge in [0.15, 0.2) is 0 Å². The zero-order valence-electron chi connectivity index (χ0n) is 33.7. The summed E-state index contributed by atoms with van der Waals surface area (Å²) in [6, 6.07) is 0. The largest absolute Gasteiger partial charge is 0.394 e. The normalized spacial score (nSPS) is 15.5. The summed E-state index contributed by atoms with van der Waals surface area (Å²) in [6.07, 6.45) is 36.6. The summed E-state index contributed by atoms with van der Waals surface area (Å²) in [6.45, 7) is 3.82. The van der Waals surface area contributed by atoms with Gasteiger partial charge in [0, 0.05) is 0 Å². The average molecular weight is 713 g/mol. The molecule has 0 aliphatic rings. The van der Waals surface area contributed by atoms with Gasteiger partial charge in [-0.2, -0.15) is 0 Å². The van der Waals surface area contributed by atoms with Crippen LogP contribution in [0.25, 0.3) is 0 Å². The van der Waals surface area contributed by atoms with Crippen molar-refractivity contribution in [1.82, 2.24) is 5.32 Å². The average Bonchev–Trinajstić information content (AvgIpc) is 3.11. The van der Waals surface area contributed by atoms with Gasteiger partial charge in [0.25, 0.3) is 0 Å². The van der Waals surface area contributed by atoms with E-state index in [-0.39, 0.29) is 12.8 Å². The van der Waals surface area contributed by atoms with Gasteiger partial charge in [-0.25, -0.2) is 0 Å². The molecular formula is C43H88N2O5. The van der Waals surface area contributed by atoms with E-state index in [1.807, 2.05) is 0 Å². The minimum Gasteiger partial charge on any atom is -0.394 e. The second-order valence-corrected chi connectivity index (χ2v) is 15.7. The molecule has 0 bridgehead atoms. The lowest BCUT2D eigenvalue weighted by Crippen LogP contribution is -2.74. The summed E-state index contributed by atoms with van der Waals surface area (Å²) in [5.41, 5.74) is 2.36. The van der Waals surface area contributed by atoms with Gasteiger partial charge in [-0.15, -0.1) is 0 Å². The number of hydrogen-bond donors (Lipinski definition) is 6. The van der Waals surface area contributed by atoms with Crippen molar-refractivity contribution in [3.05, 3.63) is 0 Å². The van der Waals surface area contributed by atoms with Gasteiger partial charge in [0.1, 0.15) is 23.3 Å². The molecule has 0 rings (SSSR count). The molecule has 1 amide bonds. The molecule has 0 aromatic carbocycles. The summed E-state index contributed by atoms with van der Waals surface area (Å²) in [4.78, 5) is 13.0. The Labute approximate surface area is 310 Å². The Balaban J connectivity index is 4.50. The van der Waals surface area contributed by atoms with Gasteiger partial charge in [-0.1, -0.05) is 219 Å². The fraction of sp³-hybridized carbons (Fsp3) is 0.977. The van der Waals surface area contributed by atoms with E-state index in [2.05, 4.69) is 19.2 Å². The van der Waals surface area contributed by atoms with Crippen molar-refractivity contribution in [1.29, 1.82) is 0 Å². The summed E-state index contributed by atoms with van der Waals surface area (Å²) in [7, 11) is 1.59. The molecule has 0 aliphatic carbocycles. The third-order valence-corrected chi connectivity index (χ3v) is 11.4. The number of unbranched alkanes of at least 4 members (excludes halogenated alkanes) is 30. The predicted octanol–water partition coefficient (Wildman–Crippen LogP) is 10.2. The number of nitrogens with two attached hydrogens (primary N) is 1. The Kier molecular flexibility index (Phi) is 33.6. The van der Waals surface area contributed by atoms with E-state index in [9.17, 15) is 25.2 Å². The van der Waals surface area contributed by atoms with Crippen LogP contribution in [0.15, 0.2) is 0 Å².